The lowest BCUT2D eigenvalue weighted by atomic mass is 9.96. The number of benzene rings is 1. The standard InChI is InChI=1S/C9H12NO2S/c1-9(10,7-13(11)12)8-5-3-2-4-6-8/h2-6,13H,1,7,10H2. The predicted octanol–water partition coefficient (Wildman–Crippen LogP) is 0.286. The topological polar surface area (TPSA) is 60.2 Å². The van der Waals surface area contributed by atoms with Gasteiger partial charge in [0.15, 0.2) is 0 Å². The molecule has 1 aromatic carbocycles. The molecule has 0 saturated heterocycles. The molecule has 1 unspecified atom stereocenters. The summed E-state index contributed by atoms with van der Waals surface area (Å²) in [5.41, 5.74) is 5.44. The van der Waals surface area contributed by atoms with Gasteiger partial charge in [0.25, 0.3) is 0 Å². The van der Waals surface area contributed by atoms with Gasteiger partial charge in [0.2, 0.25) is 0 Å². The number of hydrogen-bond donors (Lipinski definition) is 2. The molecular formula is C9H12NO2S. The molecule has 0 bridgehead atoms. The van der Waals surface area contributed by atoms with E-state index in [4.69, 9.17) is 5.73 Å². The molecule has 0 amide bonds. The van der Waals surface area contributed by atoms with E-state index in [9.17, 15) is 8.42 Å². The SMILES string of the molecule is [CH2]C(N)(C[SH](=O)=O)c1ccccc1. The third-order valence-corrected chi connectivity index (χ3v) is 2.58. The Labute approximate surface area is 79.5 Å². The minimum absolute atomic E-state index is 0.133. The van der Waals surface area contributed by atoms with Crippen molar-refractivity contribution in [3.8, 4) is 0 Å². The minimum Gasteiger partial charge on any atom is -0.321 e. The van der Waals surface area contributed by atoms with E-state index >= 15 is 0 Å². The van der Waals surface area contributed by atoms with Crippen molar-refractivity contribution in [2.45, 2.75) is 5.54 Å². The molecule has 0 spiro atoms. The molecule has 4 heteroatoms. The normalized spacial score (nSPS) is 15.6. The van der Waals surface area contributed by atoms with Crippen molar-refractivity contribution in [3.63, 3.8) is 0 Å². The van der Waals surface area contributed by atoms with E-state index in [0.29, 0.717) is 0 Å². The van der Waals surface area contributed by atoms with Crippen LogP contribution in [0.1, 0.15) is 5.56 Å². The average Bonchev–Trinajstić information content (AvgIpc) is 2.04. The van der Waals surface area contributed by atoms with Crippen LogP contribution in [0.15, 0.2) is 30.3 Å². The van der Waals surface area contributed by atoms with Crippen molar-refractivity contribution in [3.05, 3.63) is 42.8 Å². The van der Waals surface area contributed by atoms with E-state index in [1.807, 2.05) is 6.07 Å². The molecule has 3 nitrogen and oxygen atoms in total. The molecule has 13 heavy (non-hydrogen) atoms. The molecule has 0 aliphatic carbocycles. The zero-order valence-corrected chi connectivity index (χ0v) is 8.04. The van der Waals surface area contributed by atoms with E-state index in [1.54, 1.807) is 24.3 Å². The Kier molecular flexibility index (Phi) is 3.06. The molecule has 0 aliphatic rings. The van der Waals surface area contributed by atoms with E-state index in [1.165, 1.54) is 0 Å². The lowest BCUT2D eigenvalue weighted by molar-refractivity contribution is 0.578. The van der Waals surface area contributed by atoms with E-state index in [2.05, 4.69) is 6.92 Å². The van der Waals surface area contributed by atoms with Crippen LogP contribution in [0.5, 0.6) is 0 Å². The smallest absolute Gasteiger partial charge is 0.142 e. The maximum atomic E-state index is 10.5. The molecule has 1 radical (unpaired) electrons. The molecule has 0 heterocycles. The van der Waals surface area contributed by atoms with Gasteiger partial charge in [0.1, 0.15) is 10.7 Å². The summed E-state index contributed by atoms with van der Waals surface area (Å²) in [5, 5.41) is 0. The monoisotopic (exact) mass is 198 g/mol. The molecular weight excluding hydrogens is 186 g/mol. The van der Waals surface area contributed by atoms with Gasteiger partial charge >= 0.3 is 0 Å². The second kappa shape index (κ2) is 3.89. The van der Waals surface area contributed by atoms with Crippen LogP contribution in [-0.4, -0.2) is 14.2 Å². The fraction of sp³-hybridized carbons (Fsp3) is 0.222. The molecule has 0 saturated carbocycles. The van der Waals surface area contributed by atoms with E-state index in [-0.39, 0.29) is 5.75 Å². The summed E-state index contributed by atoms with van der Waals surface area (Å²) in [4.78, 5) is 0. The first-order valence-electron chi connectivity index (χ1n) is 3.84. The molecule has 1 aromatic rings. The van der Waals surface area contributed by atoms with Crippen LogP contribution >= 0.6 is 0 Å². The molecule has 0 fully saturated rings. The Balaban J connectivity index is 2.93. The maximum Gasteiger partial charge on any atom is 0.142 e. The fourth-order valence-electron chi connectivity index (χ4n) is 1.09. The van der Waals surface area contributed by atoms with Crippen LogP contribution in [0.2, 0.25) is 0 Å². The first-order valence-corrected chi connectivity index (χ1v) is 5.20. The van der Waals surface area contributed by atoms with Crippen molar-refractivity contribution in [1.29, 1.82) is 0 Å². The van der Waals surface area contributed by atoms with Gasteiger partial charge in [-0.15, -0.1) is 0 Å². The first kappa shape index (κ1) is 10.2. The van der Waals surface area contributed by atoms with Gasteiger partial charge in [-0.05, 0) is 12.5 Å². The van der Waals surface area contributed by atoms with Gasteiger partial charge in [-0.25, -0.2) is 8.42 Å². The second-order valence-electron chi connectivity index (χ2n) is 3.01. The molecule has 0 aromatic heterocycles. The molecule has 71 valence electrons. The lowest BCUT2D eigenvalue weighted by Gasteiger charge is -2.21. The highest BCUT2D eigenvalue weighted by Gasteiger charge is 2.21. The van der Waals surface area contributed by atoms with Crippen LogP contribution in [0.4, 0.5) is 0 Å². The molecule has 0 aliphatic heterocycles. The second-order valence-corrected chi connectivity index (χ2v) is 3.99. The summed E-state index contributed by atoms with van der Waals surface area (Å²) in [6.45, 7) is 3.67. The third-order valence-electron chi connectivity index (χ3n) is 1.76. The van der Waals surface area contributed by atoms with Crippen molar-refractivity contribution >= 4 is 10.7 Å². The molecule has 1 atom stereocenters. The van der Waals surface area contributed by atoms with Crippen LogP contribution in [0.3, 0.4) is 0 Å². The van der Waals surface area contributed by atoms with Crippen molar-refractivity contribution in [1.82, 2.24) is 0 Å². The van der Waals surface area contributed by atoms with Crippen LogP contribution in [0, 0.1) is 6.92 Å². The van der Waals surface area contributed by atoms with Crippen molar-refractivity contribution in [2.75, 3.05) is 5.75 Å². The number of rotatable bonds is 3. The number of nitrogens with two attached hydrogens (primary N) is 1. The largest absolute Gasteiger partial charge is 0.321 e. The maximum absolute atomic E-state index is 10.5. The van der Waals surface area contributed by atoms with E-state index < -0.39 is 16.2 Å². The van der Waals surface area contributed by atoms with Crippen LogP contribution in [0.25, 0.3) is 0 Å². The number of hydrogen-bond acceptors (Lipinski definition) is 3. The third kappa shape index (κ3) is 2.82. The van der Waals surface area contributed by atoms with Gasteiger partial charge in [-0.1, -0.05) is 30.3 Å². The zero-order chi connectivity index (χ0) is 9.90. The van der Waals surface area contributed by atoms with Crippen LogP contribution < -0.4 is 5.73 Å². The highest BCUT2D eigenvalue weighted by Crippen LogP contribution is 2.16. The van der Waals surface area contributed by atoms with Gasteiger partial charge in [-0.2, -0.15) is 0 Å². The lowest BCUT2D eigenvalue weighted by Crippen LogP contribution is -2.37. The quantitative estimate of drug-likeness (QED) is 0.686. The van der Waals surface area contributed by atoms with Crippen molar-refractivity contribution < 1.29 is 8.42 Å². The molecule has 1 rings (SSSR count). The summed E-state index contributed by atoms with van der Waals surface area (Å²) in [7, 11) is -2.50. The van der Waals surface area contributed by atoms with Gasteiger partial charge < -0.3 is 5.73 Å². The summed E-state index contributed by atoms with van der Waals surface area (Å²) in [6.07, 6.45) is 0. The summed E-state index contributed by atoms with van der Waals surface area (Å²) >= 11 is 0. The first-order chi connectivity index (χ1) is 6.02. The van der Waals surface area contributed by atoms with Gasteiger partial charge in [-0.3, -0.25) is 0 Å². The predicted molar refractivity (Wildman–Crippen MR) is 52.8 cm³/mol. The Morgan fingerprint density at radius 3 is 2.31 bits per heavy atom. The van der Waals surface area contributed by atoms with Gasteiger partial charge in [0, 0.05) is 0 Å². The van der Waals surface area contributed by atoms with Crippen LogP contribution in [-0.2, 0) is 16.2 Å². The summed E-state index contributed by atoms with van der Waals surface area (Å²) in [6, 6.07) is 8.99. The van der Waals surface area contributed by atoms with Crippen molar-refractivity contribution in [2.24, 2.45) is 5.73 Å². The van der Waals surface area contributed by atoms with E-state index in [0.717, 1.165) is 5.56 Å². The highest BCUT2D eigenvalue weighted by atomic mass is 32.2. The zero-order valence-electron chi connectivity index (χ0n) is 7.14. The Morgan fingerprint density at radius 1 is 1.31 bits per heavy atom. The minimum atomic E-state index is -2.50. The Morgan fingerprint density at radius 2 is 1.85 bits per heavy atom. The summed E-state index contributed by atoms with van der Waals surface area (Å²) < 4.78 is 21.0. The average molecular weight is 198 g/mol. The van der Waals surface area contributed by atoms with Gasteiger partial charge in [0.05, 0.1) is 11.3 Å². The Bertz CT molecular complexity index is 336. The Hall–Kier alpha value is -0.870. The summed E-state index contributed by atoms with van der Waals surface area (Å²) in [5.74, 6) is -0.133. The highest BCUT2D eigenvalue weighted by molar-refractivity contribution is 7.72. The fourth-order valence-corrected chi connectivity index (χ4v) is 1.74. The number of thiol groups is 1. The molecule has 2 N–H and O–H groups in total.